The van der Waals surface area contributed by atoms with Gasteiger partial charge >= 0.3 is 0 Å². The molecule has 2 fully saturated rings. The zero-order valence-electron chi connectivity index (χ0n) is 15.1. The predicted molar refractivity (Wildman–Crippen MR) is 95.4 cm³/mol. The van der Waals surface area contributed by atoms with Gasteiger partial charge in [-0.2, -0.15) is 0 Å². The second-order valence-electron chi connectivity index (χ2n) is 6.98. The predicted octanol–water partition coefficient (Wildman–Crippen LogP) is 1.69. The topological polar surface area (TPSA) is 59.3 Å². The molecule has 2 aliphatic rings. The van der Waals surface area contributed by atoms with Crippen LogP contribution in [-0.4, -0.2) is 57.2 Å². The number of hydrogen-bond donors (Lipinski definition) is 0. The molecular formula is C18H26N6O. The van der Waals surface area contributed by atoms with Gasteiger partial charge in [0.1, 0.15) is 17.7 Å². The van der Waals surface area contributed by atoms with Crippen LogP contribution in [0.15, 0.2) is 18.6 Å². The first-order chi connectivity index (χ1) is 12.2. The van der Waals surface area contributed by atoms with Crippen LogP contribution in [0.4, 0.5) is 5.82 Å². The van der Waals surface area contributed by atoms with E-state index in [1.54, 1.807) is 0 Å². The summed E-state index contributed by atoms with van der Waals surface area (Å²) < 4.78 is 8.12. The van der Waals surface area contributed by atoms with Gasteiger partial charge in [-0.25, -0.2) is 15.0 Å². The maximum Gasteiger partial charge on any atom is 0.132 e. The van der Waals surface area contributed by atoms with Crippen LogP contribution >= 0.6 is 0 Å². The largest absolute Gasteiger partial charge is 0.369 e. The molecule has 1 unspecified atom stereocenters. The van der Waals surface area contributed by atoms with E-state index in [4.69, 9.17) is 4.74 Å². The van der Waals surface area contributed by atoms with Crippen LogP contribution in [0, 0.1) is 6.92 Å². The number of imidazole rings is 1. The third kappa shape index (κ3) is 3.67. The standard InChI is InChI=1S/C18H26N6O/c1-14-20-16(9-18(21-14)24-5-3-4-6-24)17-12-23(7-8-25-17)11-15-10-19-13-22(15)2/h9-10,13,17H,3-8,11-12H2,1-2H3. The lowest BCUT2D eigenvalue weighted by molar-refractivity contribution is -0.0356. The number of aryl methyl sites for hydroxylation is 2. The minimum Gasteiger partial charge on any atom is -0.369 e. The Bertz CT molecular complexity index is 724. The van der Waals surface area contributed by atoms with Crippen molar-refractivity contribution in [3.8, 4) is 0 Å². The van der Waals surface area contributed by atoms with Gasteiger partial charge in [0.05, 0.1) is 24.3 Å². The molecule has 7 heteroatoms. The Kier molecular flexibility index (Phi) is 4.67. The van der Waals surface area contributed by atoms with Gasteiger partial charge in [0.25, 0.3) is 0 Å². The number of nitrogens with zero attached hydrogens (tertiary/aromatic N) is 6. The minimum atomic E-state index is 0.00466. The molecule has 0 saturated carbocycles. The van der Waals surface area contributed by atoms with Gasteiger partial charge in [0, 0.05) is 52.0 Å². The van der Waals surface area contributed by atoms with Gasteiger partial charge in [-0.3, -0.25) is 4.90 Å². The summed E-state index contributed by atoms with van der Waals surface area (Å²) in [7, 11) is 2.04. The van der Waals surface area contributed by atoms with Gasteiger partial charge in [0.15, 0.2) is 0 Å². The molecule has 2 aromatic rings. The summed E-state index contributed by atoms with van der Waals surface area (Å²) in [5, 5.41) is 0. The van der Waals surface area contributed by atoms with Crippen molar-refractivity contribution in [2.24, 2.45) is 7.05 Å². The average Bonchev–Trinajstić information content (AvgIpc) is 3.27. The molecule has 25 heavy (non-hydrogen) atoms. The van der Waals surface area contributed by atoms with Crippen LogP contribution in [0.3, 0.4) is 0 Å². The number of anilines is 1. The molecule has 0 aliphatic carbocycles. The fourth-order valence-electron chi connectivity index (χ4n) is 3.64. The van der Waals surface area contributed by atoms with Crippen molar-refractivity contribution in [1.29, 1.82) is 0 Å². The highest BCUT2D eigenvalue weighted by Crippen LogP contribution is 2.26. The van der Waals surface area contributed by atoms with E-state index in [1.807, 2.05) is 26.5 Å². The first-order valence-electron chi connectivity index (χ1n) is 9.09. The van der Waals surface area contributed by atoms with E-state index >= 15 is 0 Å². The van der Waals surface area contributed by atoms with Crippen molar-refractivity contribution in [3.05, 3.63) is 35.8 Å². The molecule has 4 heterocycles. The van der Waals surface area contributed by atoms with Crippen LogP contribution in [-0.2, 0) is 18.3 Å². The first kappa shape index (κ1) is 16.5. The molecule has 4 rings (SSSR count). The molecule has 2 aromatic heterocycles. The Hall–Kier alpha value is -1.99. The molecule has 0 aromatic carbocycles. The highest BCUT2D eigenvalue weighted by Gasteiger charge is 2.25. The molecule has 0 radical (unpaired) electrons. The van der Waals surface area contributed by atoms with Crippen LogP contribution in [0.1, 0.15) is 36.2 Å². The third-order valence-electron chi connectivity index (χ3n) is 5.06. The number of rotatable bonds is 4. The van der Waals surface area contributed by atoms with Crippen LogP contribution in [0.2, 0.25) is 0 Å². The summed E-state index contributed by atoms with van der Waals surface area (Å²) in [6.07, 6.45) is 6.28. The van der Waals surface area contributed by atoms with Crippen LogP contribution in [0.25, 0.3) is 0 Å². The lowest BCUT2D eigenvalue weighted by Gasteiger charge is -2.33. The third-order valence-corrected chi connectivity index (χ3v) is 5.06. The summed E-state index contributed by atoms with van der Waals surface area (Å²) in [5.41, 5.74) is 2.22. The smallest absolute Gasteiger partial charge is 0.132 e. The van der Waals surface area contributed by atoms with Gasteiger partial charge in [-0.15, -0.1) is 0 Å². The fraction of sp³-hybridized carbons (Fsp3) is 0.611. The zero-order valence-corrected chi connectivity index (χ0v) is 15.1. The summed E-state index contributed by atoms with van der Waals surface area (Å²) in [5.74, 6) is 1.87. The van der Waals surface area contributed by atoms with Crippen LogP contribution < -0.4 is 4.90 Å². The SMILES string of the molecule is Cc1nc(C2CN(Cc3cncn3C)CCO2)cc(N2CCCC2)n1. The Morgan fingerprint density at radius 3 is 2.80 bits per heavy atom. The Morgan fingerprint density at radius 2 is 2.04 bits per heavy atom. The minimum absolute atomic E-state index is 0.00466. The van der Waals surface area contributed by atoms with E-state index in [9.17, 15) is 0 Å². The van der Waals surface area contributed by atoms with Gasteiger partial charge in [0.2, 0.25) is 0 Å². The van der Waals surface area contributed by atoms with E-state index < -0.39 is 0 Å². The van der Waals surface area contributed by atoms with Gasteiger partial charge in [-0.1, -0.05) is 0 Å². The normalized spacial score (nSPS) is 21.8. The Balaban J connectivity index is 1.50. The molecule has 2 saturated heterocycles. The van der Waals surface area contributed by atoms with Crippen molar-refractivity contribution in [3.63, 3.8) is 0 Å². The van der Waals surface area contributed by atoms with Crippen molar-refractivity contribution in [2.75, 3.05) is 37.7 Å². The van der Waals surface area contributed by atoms with Gasteiger partial charge in [-0.05, 0) is 19.8 Å². The second-order valence-corrected chi connectivity index (χ2v) is 6.98. The van der Waals surface area contributed by atoms with Crippen molar-refractivity contribution < 1.29 is 4.74 Å². The molecule has 0 spiro atoms. The van der Waals surface area contributed by atoms with E-state index in [0.717, 1.165) is 56.7 Å². The second kappa shape index (κ2) is 7.09. The van der Waals surface area contributed by atoms with Crippen molar-refractivity contribution in [2.45, 2.75) is 32.4 Å². The molecule has 134 valence electrons. The summed E-state index contributed by atoms with van der Waals surface area (Å²) in [6.45, 7) is 7.55. The Morgan fingerprint density at radius 1 is 1.20 bits per heavy atom. The summed E-state index contributed by atoms with van der Waals surface area (Å²) in [6, 6.07) is 2.12. The van der Waals surface area contributed by atoms with Crippen LogP contribution in [0.5, 0.6) is 0 Å². The van der Waals surface area contributed by atoms with E-state index in [0.29, 0.717) is 0 Å². The fourth-order valence-corrected chi connectivity index (χ4v) is 3.64. The highest BCUT2D eigenvalue weighted by molar-refractivity contribution is 5.41. The lowest BCUT2D eigenvalue weighted by atomic mass is 10.2. The highest BCUT2D eigenvalue weighted by atomic mass is 16.5. The van der Waals surface area contributed by atoms with E-state index in [-0.39, 0.29) is 6.10 Å². The Labute approximate surface area is 148 Å². The molecular weight excluding hydrogens is 316 g/mol. The number of aromatic nitrogens is 4. The lowest BCUT2D eigenvalue weighted by Crippen LogP contribution is -2.38. The number of morpholine rings is 1. The van der Waals surface area contributed by atoms with Crippen molar-refractivity contribution >= 4 is 5.82 Å². The van der Waals surface area contributed by atoms with E-state index in [1.165, 1.54) is 18.5 Å². The molecule has 0 bridgehead atoms. The van der Waals surface area contributed by atoms with E-state index in [2.05, 4.69) is 35.4 Å². The van der Waals surface area contributed by atoms with Crippen molar-refractivity contribution in [1.82, 2.24) is 24.4 Å². The number of ether oxygens (including phenoxy) is 1. The average molecular weight is 342 g/mol. The van der Waals surface area contributed by atoms with Gasteiger partial charge < -0.3 is 14.2 Å². The maximum absolute atomic E-state index is 6.04. The summed E-state index contributed by atoms with van der Waals surface area (Å²) >= 11 is 0. The summed E-state index contributed by atoms with van der Waals surface area (Å²) in [4.78, 5) is 18.3. The molecule has 0 N–H and O–H groups in total. The molecule has 1 atom stereocenters. The molecule has 7 nitrogen and oxygen atoms in total. The zero-order chi connectivity index (χ0) is 17.2. The first-order valence-corrected chi connectivity index (χ1v) is 9.09. The quantitative estimate of drug-likeness (QED) is 0.843. The number of hydrogen-bond acceptors (Lipinski definition) is 6. The maximum atomic E-state index is 6.04. The monoisotopic (exact) mass is 342 g/mol. The molecule has 2 aliphatic heterocycles. The molecule has 0 amide bonds.